The fourth-order valence-electron chi connectivity index (χ4n) is 1.88. The minimum atomic E-state index is -0.333. The summed E-state index contributed by atoms with van der Waals surface area (Å²) in [4.78, 5) is 12.1. The average Bonchev–Trinajstić information content (AvgIpc) is 2.45. The van der Waals surface area contributed by atoms with E-state index in [0.717, 1.165) is 5.56 Å². The third kappa shape index (κ3) is 3.60. The number of carbonyl (C=O) groups excluding carboxylic acids is 1. The molecule has 2 rings (SSSR count). The Kier molecular flexibility index (Phi) is 4.94. The van der Waals surface area contributed by atoms with Crippen molar-refractivity contribution in [2.45, 2.75) is 6.54 Å². The predicted octanol–water partition coefficient (Wildman–Crippen LogP) is 3.51. The van der Waals surface area contributed by atoms with Crippen LogP contribution in [0.25, 0.3) is 0 Å². The van der Waals surface area contributed by atoms with Gasteiger partial charge in [-0.15, -0.1) is 0 Å². The lowest BCUT2D eigenvalue weighted by Crippen LogP contribution is -2.23. The summed E-state index contributed by atoms with van der Waals surface area (Å²) in [5.74, 6) is 0.263. The number of anilines is 1. The minimum absolute atomic E-state index is 0.266. The van der Waals surface area contributed by atoms with Crippen molar-refractivity contribution < 1.29 is 9.53 Å². The number of methoxy groups -OCH3 is 1. The topological polar surface area (TPSA) is 64.3 Å². The van der Waals surface area contributed by atoms with E-state index in [1.54, 1.807) is 37.4 Å². The summed E-state index contributed by atoms with van der Waals surface area (Å²) in [5.41, 5.74) is 7.45. The van der Waals surface area contributed by atoms with Crippen molar-refractivity contribution >= 4 is 34.8 Å². The molecular formula is C15H14Cl2N2O2. The average molecular weight is 325 g/mol. The van der Waals surface area contributed by atoms with Gasteiger partial charge in [0.15, 0.2) is 0 Å². The Bertz CT molecular complexity index is 654. The SMILES string of the molecule is COc1ccc(CNC(=O)c2c(Cl)cccc2Cl)cc1N. The lowest BCUT2D eigenvalue weighted by atomic mass is 10.1. The number of halogens is 2. The second kappa shape index (κ2) is 6.70. The molecule has 4 nitrogen and oxygen atoms in total. The lowest BCUT2D eigenvalue weighted by Gasteiger charge is -2.10. The number of hydrogen-bond acceptors (Lipinski definition) is 3. The number of nitrogens with one attached hydrogen (secondary N) is 1. The molecule has 21 heavy (non-hydrogen) atoms. The number of carbonyl (C=O) groups is 1. The maximum absolute atomic E-state index is 12.1. The fourth-order valence-corrected chi connectivity index (χ4v) is 2.45. The molecule has 0 aromatic heterocycles. The molecule has 2 aromatic rings. The van der Waals surface area contributed by atoms with Crippen molar-refractivity contribution in [3.8, 4) is 5.75 Å². The molecule has 0 saturated carbocycles. The molecule has 0 aliphatic heterocycles. The first-order valence-electron chi connectivity index (χ1n) is 6.17. The summed E-state index contributed by atoms with van der Waals surface area (Å²) in [5, 5.41) is 3.39. The highest BCUT2D eigenvalue weighted by Crippen LogP contribution is 2.25. The molecule has 0 aliphatic rings. The van der Waals surface area contributed by atoms with Crippen LogP contribution in [0.5, 0.6) is 5.75 Å². The molecule has 0 atom stereocenters. The van der Waals surface area contributed by atoms with Gasteiger partial charge in [0, 0.05) is 6.54 Å². The zero-order chi connectivity index (χ0) is 15.4. The molecule has 0 aliphatic carbocycles. The third-order valence-electron chi connectivity index (χ3n) is 2.94. The quantitative estimate of drug-likeness (QED) is 0.846. The maximum Gasteiger partial charge on any atom is 0.254 e. The molecule has 1 amide bonds. The number of nitrogen functional groups attached to an aromatic ring is 1. The predicted molar refractivity (Wildman–Crippen MR) is 85.0 cm³/mol. The summed E-state index contributed by atoms with van der Waals surface area (Å²) >= 11 is 12.0. The number of benzene rings is 2. The van der Waals surface area contributed by atoms with E-state index in [-0.39, 0.29) is 11.5 Å². The van der Waals surface area contributed by atoms with E-state index in [1.165, 1.54) is 0 Å². The molecule has 0 unspecified atom stereocenters. The third-order valence-corrected chi connectivity index (χ3v) is 3.57. The van der Waals surface area contributed by atoms with Crippen LogP contribution in [-0.4, -0.2) is 13.0 Å². The summed E-state index contributed by atoms with van der Waals surface area (Å²) < 4.78 is 5.08. The first-order chi connectivity index (χ1) is 10.0. The molecule has 6 heteroatoms. The zero-order valence-corrected chi connectivity index (χ0v) is 12.8. The van der Waals surface area contributed by atoms with Crippen LogP contribution in [-0.2, 0) is 6.54 Å². The Morgan fingerprint density at radius 3 is 2.48 bits per heavy atom. The van der Waals surface area contributed by atoms with Crippen LogP contribution in [0.3, 0.4) is 0 Å². The Morgan fingerprint density at radius 2 is 1.90 bits per heavy atom. The number of nitrogens with two attached hydrogens (primary N) is 1. The zero-order valence-electron chi connectivity index (χ0n) is 11.3. The van der Waals surface area contributed by atoms with Gasteiger partial charge in [-0.05, 0) is 29.8 Å². The fraction of sp³-hybridized carbons (Fsp3) is 0.133. The van der Waals surface area contributed by atoms with Gasteiger partial charge in [-0.1, -0.05) is 35.3 Å². The summed E-state index contributed by atoms with van der Waals surface area (Å²) in [6.45, 7) is 0.314. The number of rotatable bonds is 4. The van der Waals surface area contributed by atoms with Gasteiger partial charge >= 0.3 is 0 Å². The minimum Gasteiger partial charge on any atom is -0.495 e. The van der Waals surface area contributed by atoms with Gasteiger partial charge in [0.05, 0.1) is 28.4 Å². The van der Waals surface area contributed by atoms with Crippen LogP contribution in [0.4, 0.5) is 5.69 Å². The van der Waals surface area contributed by atoms with E-state index in [1.807, 2.05) is 6.07 Å². The van der Waals surface area contributed by atoms with Crippen molar-refractivity contribution in [1.29, 1.82) is 0 Å². The number of ether oxygens (including phenoxy) is 1. The molecule has 0 spiro atoms. The maximum atomic E-state index is 12.1. The smallest absolute Gasteiger partial charge is 0.254 e. The van der Waals surface area contributed by atoms with E-state index >= 15 is 0 Å². The first kappa shape index (κ1) is 15.5. The van der Waals surface area contributed by atoms with Crippen LogP contribution in [0.2, 0.25) is 10.0 Å². The van der Waals surface area contributed by atoms with E-state index in [9.17, 15) is 4.79 Å². The van der Waals surface area contributed by atoms with E-state index < -0.39 is 0 Å². The Hall–Kier alpha value is -1.91. The van der Waals surface area contributed by atoms with Gasteiger partial charge in [0.2, 0.25) is 0 Å². The Labute approximate surface area is 132 Å². The highest BCUT2D eigenvalue weighted by Gasteiger charge is 2.14. The van der Waals surface area contributed by atoms with E-state index in [2.05, 4.69) is 5.32 Å². The monoisotopic (exact) mass is 324 g/mol. The van der Waals surface area contributed by atoms with Gasteiger partial charge in [0.1, 0.15) is 5.75 Å². The van der Waals surface area contributed by atoms with Gasteiger partial charge in [-0.25, -0.2) is 0 Å². The molecule has 0 saturated heterocycles. The molecule has 110 valence electrons. The second-order valence-corrected chi connectivity index (χ2v) is 5.17. The standard InChI is InChI=1S/C15H14Cl2N2O2/c1-21-13-6-5-9(7-12(13)18)8-19-15(20)14-10(16)3-2-4-11(14)17/h2-7H,8,18H2,1H3,(H,19,20). The van der Waals surface area contributed by atoms with E-state index in [4.69, 9.17) is 33.7 Å². The van der Waals surface area contributed by atoms with Crippen LogP contribution in [0, 0.1) is 0 Å². The van der Waals surface area contributed by atoms with Crippen molar-refractivity contribution in [3.63, 3.8) is 0 Å². The molecular weight excluding hydrogens is 311 g/mol. The van der Waals surface area contributed by atoms with Crippen LogP contribution in [0.1, 0.15) is 15.9 Å². The van der Waals surface area contributed by atoms with Crippen molar-refractivity contribution in [2.75, 3.05) is 12.8 Å². The Morgan fingerprint density at radius 1 is 1.24 bits per heavy atom. The van der Waals surface area contributed by atoms with Crippen molar-refractivity contribution in [1.82, 2.24) is 5.32 Å². The summed E-state index contributed by atoms with van der Waals surface area (Å²) in [6.07, 6.45) is 0. The van der Waals surface area contributed by atoms with Gasteiger partial charge in [-0.3, -0.25) is 4.79 Å². The van der Waals surface area contributed by atoms with Gasteiger partial charge < -0.3 is 15.8 Å². The number of hydrogen-bond donors (Lipinski definition) is 2. The van der Waals surface area contributed by atoms with E-state index in [0.29, 0.717) is 28.0 Å². The van der Waals surface area contributed by atoms with Crippen molar-refractivity contribution in [3.05, 3.63) is 57.6 Å². The summed E-state index contributed by atoms with van der Waals surface area (Å²) in [6, 6.07) is 10.2. The Balaban J connectivity index is 2.09. The molecule has 0 heterocycles. The highest BCUT2D eigenvalue weighted by molar-refractivity contribution is 6.39. The highest BCUT2D eigenvalue weighted by atomic mass is 35.5. The normalized spacial score (nSPS) is 10.2. The molecule has 2 aromatic carbocycles. The first-order valence-corrected chi connectivity index (χ1v) is 6.93. The van der Waals surface area contributed by atoms with Crippen LogP contribution >= 0.6 is 23.2 Å². The van der Waals surface area contributed by atoms with Gasteiger partial charge in [-0.2, -0.15) is 0 Å². The van der Waals surface area contributed by atoms with Crippen LogP contribution in [0.15, 0.2) is 36.4 Å². The second-order valence-electron chi connectivity index (χ2n) is 4.36. The molecule has 3 N–H and O–H groups in total. The molecule has 0 fully saturated rings. The molecule has 0 bridgehead atoms. The number of amides is 1. The van der Waals surface area contributed by atoms with Gasteiger partial charge in [0.25, 0.3) is 5.91 Å². The largest absolute Gasteiger partial charge is 0.495 e. The lowest BCUT2D eigenvalue weighted by molar-refractivity contribution is 0.0951. The summed E-state index contributed by atoms with van der Waals surface area (Å²) in [7, 11) is 1.55. The van der Waals surface area contributed by atoms with Crippen LogP contribution < -0.4 is 15.8 Å². The van der Waals surface area contributed by atoms with Crippen molar-refractivity contribution in [2.24, 2.45) is 0 Å². The molecule has 0 radical (unpaired) electrons.